The molecule has 0 aliphatic rings. The SMILES string of the molecule is Cc1ccc(-n2nc(C(C)(C)C)cc2NC(=O)CN(CC(C)C)C(=O)Nc2ccccc2)cc1. The summed E-state index contributed by atoms with van der Waals surface area (Å²) in [5, 5.41) is 10.6. The summed E-state index contributed by atoms with van der Waals surface area (Å²) in [5.41, 5.74) is 3.37. The lowest BCUT2D eigenvalue weighted by atomic mass is 9.92. The quantitative estimate of drug-likeness (QED) is 0.480. The van der Waals surface area contributed by atoms with Crippen molar-refractivity contribution in [1.82, 2.24) is 14.7 Å². The van der Waals surface area contributed by atoms with E-state index in [1.807, 2.05) is 81.4 Å². The summed E-state index contributed by atoms with van der Waals surface area (Å²) in [6, 6.07) is 18.8. The van der Waals surface area contributed by atoms with E-state index in [-0.39, 0.29) is 29.8 Å². The minimum atomic E-state index is -0.308. The monoisotopic (exact) mass is 461 g/mol. The van der Waals surface area contributed by atoms with Crippen molar-refractivity contribution < 1.29 is 9.59 Å². The Bertz CT molecular complexity index is 1110. The number of para-hydroxylation sites is 1. The summed E-state index contributed by atoms with van der Waals surface area (Å²) >= 11 is 0. The first-order chi connectivity index (χ1) is 16.0. The summed E-state index contributed by atoms with van der Waals surface area (Å²) < 4.78 is 1.74. The number of nitrogens with one attached hydrogen (secondary N) is 2. The Kier molecular flexibility index (Phi) is 7.76. The van der Waals surface area contributed by atoms with Crippen molar-refractivity contribution in [2.24, 2.45) is 5.92 Å². The third kappa shape index (κ3) is 6.70. The Labute approximate surface area is 202 Å². The standard InChI is InChI=1S/C27H35N5O2/c1-19(2)17-31(26(34)28-21-10-8-7-9-11-21)18-25(33)29-24-16-23(27(4,5)6)30-32(24)22-14-12-20(3)13-15-22/h7-16,19H,17-18H2,1-6H3,(H,28,34)(H,29,33). The molecule has 0 atom stereocenters. The van der Waals surface area contributed by atoms with Crippen molar-refractivity contribution in [3.8, 4) is 5.69 Å². The molecular weight excluding hydrogens is 426 g/mol. The number of aromatic nitrogens is 2. The first-order valence-corrected chi connectivity index (χ1v) is 11.6. The van der Waals surface area contributed by atoms with E-state index in [1.165, 1.54) is 4.90 Å². The van der Waals surface area contributed by atoms with Crippen LogP contribution < -0.4 is 10.6 Å². The number of rotatable bonds is 7. The van der Waals surface area contributed by atoms with Crippen molar-refractivity contribution in [1.29, 1.82) is 0 Å². The Morgan fingerprint density at radius 3 is 2.24 bits per heavy atom. The van der Waals surface area contributed by atoms with Crippen LogP contribution in [0.15, 0.2) is 60.7 Å². The summed E-state index contributed by atoms with van der Waals surface area (Å²) in [5.74, 6) is 0.504. The Balaban J connectivity index is 1.81. The molecule has 7 heteroatoms. The molecule has 1 aromatic heterocycles. The zero-order valence-corrected chi connectivity index (χ0v) is 20.9. The van der Waals surface area contributed by atoms with Gasteiger partial charge in [-0.3, -0.25) is 4.79 Å². The summed E-state index contributed by atoms with van der Waals surface area (Å²) in [6.07, 6.45) is 0. The van der Waals surface area contributed by atoms with Gasteiger partial charge in [0.15, 0.2) is 0 Å². The predicted octanol–water partition coefficient (Wildman–Crippen LogP) is 5.61. The molecule has 0 aliphatic heterocycles. The molecule has 0 saturated carbocycles. The molecule has 1 heterocycles. The van der Waals surface area contributed by atoms with Gasteiger partial charge in [-0.1, -0.05) is 70.5 Å². The average Bonchev–Trinajstić information content (AvgIpc) is 3.18. The van der Waals surface area contributed by atoms with Gasteiger partial charge in [-0.15, -0.1) is 0 Å². The van der Waals surface area contributed by atoms with Crippen molar-refractivity contribution in [2.75, 3.05) is 23.7 Å². The summed E-state index contributed by atoms with van der Waals surface area (Å²) in [4.78, 5) is 27.5. The third-order valence-electron chi connectivity index (χ3n) is 5.26. The lowest BCUT2D eigenvalue weighted by Gasteiger charge is -2.24. The molecule has 2 N–H and O–H groups in total. The number of urea groups is 1. The first-order valence-electron chi connectivity index (χ1n) is 11.6. The maximum Gasteiger partial charge on any atom is 0.322 e. The van der Waals surface area contributed by atoms with Crippen LogP contribution in [-0.4, -0.2) is 39.7 Å². The molecule has 7 nitrogen and oxygen atoms in total. The van der Waals surface area contributed by atoms with Gasteiger partial charge in [0.25, 0.3) is 0 Å². The van der Waals surface area contributed by atoms with Gasteiger partial charge in [0.1, 0.15) is 12.4 Å². The fourth-order valence-electron chi connectivity index (χ4n) is 3.46. The fraction of sp³-hybridized carbons (Fsp3) is 0.370. The summed E-state index contributed by atoms with van der Waals surface area (Å²) in [6.45, 7) is 12.7. The molecule has 180 valence electrons. The number of anilines is 2. The van der Waals surface area contributed by atoms with Crippen LogP contribution in [0.25, 0.3) is 5.69 Å². The van der Waals surface area contributed by atoms with E-state index in [0.717, 1.165) is 16.9 Å². The molecule has 2 aromatic carbocycles. The van der Waals surface area contributed by atoms with Crippen LogP contribution in [0.1, 0.15) is 45.9 Å². The van der Waals surface area contributed by atoms with Gasteiger partial charge < -0.3 is 15.5 Å². The van der Waals surface area contributed by atoms with Crippen molar-refractivity contribution in [3.05, 3.63) is 71.9 Å². The zero-order valence-electron chi connectivity index (χ0n) is 20.9. The van der Waals surface area contributed by atoms with Gasteiger partial charge in [-0.05, 0) is 37.1 Å². The van der Waals surface area contributed by atoms with Gasteiger partial charge in [0.2, 0.25) is 5.91 Å². The smallest absolute Gasteiger partial charge is 0.315 e. The highest BCUT2D eigenvalue weighted by Crippen LogP contribution is 2.26. The lowest BCUT2D eigenvalue weighted by Crippen LogP contribution is -2.42. The molecule has 0 spiro atoms. The van der Waals surface area contributed by atoms with Crippen LogP contribution in [0.5, 0.6) is 0 Å². The Morgan fingerprint density at radius 1 is 1.00 bits per heavy atom. The van der Waals surface area contributed by atoms with E-state index < -0.39 is 0 Å². The molecular formula is C27H35N5O2. The highest BCUT2D eigenvalue weighted by molar-refractivity contribution is 5.96. The first kappa shape index (κ1) is 25.0. The molecule has 0 unspecified atom stereocenters. The van der Waals surface area contributed by atoms with Crippen LogP contribution in [0.3, 0.4) is 0 Å². The second-order valence-corrected chi connectivity index (χ2v) is 10.0. The van der Waals surface area contributed by atoms with Crippen LogP contribution in [0, 0.1) is 12.8 Å². The van der Waals surface area contributed by atoms with E-state index in [1.54, 1.807) is 4.68 Å². The minimum Gasteiger partial charge on any atom is -0.315 e. The number of carbonyl (C=O) groups excluding carboxylic acids is 2. The Morgan fingerprint density at radius 2 is 1.65 bits per heavy atom. The normalized spacial score (nSPS) is 11.4. The second kappa shape index (κ2) is 10.5. The molecule has 0 fully saturated rings. The van der Waals surface area contributed by atoms with E-state index in [4.69, 9.17) is 5.10 Å². The number of hydrogen-bond donors (Lipinski definition) is 2. The molecule has 3 amide bonds. The largest absolute Gasteiger partial charge is 0.322 e. The van der Waals surface area contributed by atoms with Gasteiger partial charge in [-0.2, -0.15) is 5.10 Å². The van der Waals surface area contributed by atoms with E-state index in [0.29, 0.717) is 18.1 Å². The van der Waals surface area contributed by atoms with Crippen molar-refractivity contribution in [3.63, 3.8) is 0 Å². The fourth-order valence-corrected chi connectivity index (χ4v) is 3.46. The lowest BCUT2D eigenvalue weighted by molar-refractivity contribution is -0.116. The van der Waals surface area contributed by atoms with Gasteiger partial charge in [-0.25, -0.2) is 9.48 Å². The predicted molar refractivity (Wildman–Crippen MR) is 138 cm³/mol. The number of nitrogens with zero attached hydrogens (tertiary/aromatic N) is 3. The number of carbonyl (C=O) groups is 2. The van der Waals surface area contributed by atoms with Crippen LogP contribution >= 0.6 is 0 Å². The average molecular weight is 462 g/mol. The molecule has 0 radical (unpaired) electrons. The summed E-state index contributed by atoms with van der Waals surface area (Å²) in [7, 11) is 0. The number of hydrogen-bond acceptors (Lipinski definition) is 3. The van der Waals surface area contributed by atoms with Crippen LogP contribution in [-0.2, 0) is 10.2 Å². The maximum absolute atomic E-state index is 13.1. The van der Waals surface area contributed by atoms with Gasteiger partial charge in [0.05, 0.1) is 11.4 Å². The molecule has 3 aromatic rings. The van der Waals surface area contributed by atoms with E-state index in [9.17, 15) is 9.59 Å². The zero-order chi connectivity index (χ0) is 24.9. The number of aryl methyl sites for hydroxylation is 1. The van der Waals surface area contributed by atoms with Crippen LogP contribution in [0.4, 0.5) is 16.3 Å². The Hall–Kier alpha value is -3.61. The highest BCUT2D eigenvalue weighted by atomic mass is 16.2. The highest BCUT2D eigenvalue weighted by Gasteiger charge is 2.23. The minimum absolute atomic E-state index is 0.0687. The number of benzene rings is 2. The molecule has 0 saturated heterocycles. The number of amides is 3. The van der Waals surface area contributed by atoms with Gasteiger partial charge in [0, 0.05) is 23.7 Å². The van der Waals surface area contributed by atoms with Gasteiger partial charge >= 0.3 is 6.03 Å². The molecule has 0 aliphatic carbocycles. The molecule has 0 bridgehead atoms. The van der Waals surface area contributed by atoms with E-state index >= 15 is 0 Å². The second-order valence-electron chi connectivity index (χ2n) is 10.0. The molecule has 3 rings (SSSR count). The third-order valence-corrected chi connectivity index (χ3v) is 5.26. The van der Waals surface area contributed by atoms with Crippen molar-refractivity contribution in [2.45, 2.75) is 47.0 Å². The van der Waals surface area contributed by atoms with Crippen LogP contribution in [0.2, 0.25) is 0 Å². The maximum atomic E-state index is 13.1. The van der Waals surface area contributed by atoms with E-state index in [2.05, 4.69) is 31.4 Å². The molecule has 34 heavy (non-hydrogen) atoms. The topological polar surface area (TPSA) is 79.3 Å². The van der Waals surface area contributed by atoms with Crippen molar-refractivity contribution >= 4 is 23.4 Å².